The molecule has 1 amide bonds. The van der Waals surface area contributed by atoms with E-state index in [1.165, 1.54) is 5.56 Å². The summed E-state index contributed by atoms with van der Waals surface area (Å²) in [6.45, 7) is 6.36. The molecule has 1 aromatic carbocycles. The maximum Gasteiger partial charge on any atom is 0.426 e. The van der Waals surface area contributed by atoms with Crippen molar-refractivity contribution in [3.05, 3.63) is 28.2 Å². The molecule has 0 aromatic heterocycles. The number of hydrogen-bond donors (Lipinski definition) is 1. The summed E-state index contributed by atoms with van der Waals surface area (Å²) in [5, 5.41) is 1.86. The smallest absolute Gasteiger partial charge is 0.426 e. The molecule has 0 unspecified atom stereocenters. The molecule has 4 nitrogen and oxygen atoms in total. The first kappa shape index (κ1) is 14.2. The molecule has 0 aliphatic carbocycles. The summed E-state index contributed by atoms with van der Waals surface area (Å²) in [6, 6.07) is 6.09. The standard InChI is InChI=1S/C14H19BrN2O2/c1-14(2,3)19-13(18)16-17-8-4-5-10-9-11(15)6-7-12(10)17/h6-7,9H,4-5,8H2,1-3H3,(H,16,18). The number of amides is 1. The molecule has 1 aliphatic rings. The molecule has 1 aromatic rings. The minimum atomic E-state index is -0.484. The maximum atomic E-state index is 11.8. The number of carbonyl (C=O) groups is 1. The van der Waals surface area contributed by atoms with Crippen molar-refractivity contribution in [1.29, 1.82) is 0 Å². The number of halogens is 1. The van der Waals surface area contributed by atoms with Crippen LogP contribution < -0.4 is 10.4 Å². The summed E-state index contributed by atoms with van der Waals surface area (Å²) in [4.78, 5) is 11.8. The van der Waals surface area contributed by atoms with E-state index >= 15 is 0 Å². The van der Waals surface area contributed by atoms with Crippen LogP contribution in [0.1, 0.15) is 32.8 Å². The second-order valence-electron chi connectivity index (χ2n) is 5.64. The van der Waals surface area contributed by atoms with Gasteiger partial charge in [-0.05, 0) is 57.4 Å². The Morgan fingerprint density at radius 2 is 2.16 bits per heavy atom. The summed E-state index contributed by atoms with van der Waals surface area (Å²) < 4.78 is 6.34. The van der Waals surface area contributed by atoms with Crippen LogP contribution in [0.2, 0.25) is 0 Å². The van der Waals surface area contributed by atoms with Crippen molar-refractivity contribution in [3.8, 4) is 0 Å². The van der Waals surface area contributed by atoms with E-state index in [0.717, 1.165) is 29.5 Å². The predicted molar refractivity (Wildman–Crippen MR) is 79.2 cm³/mol. The first-order valence-corrected chi connectivity index (χ1v) is 7.20. The summed E-state index contributed by atoms with van der Waals surface area (Å²) in [5.41, 5.74) is 4.60. The van der Waals surface area contributed by atoms with Crippen LogP contribution in [0.25, 0.3) is 0 Å². The van der Waals surface area contributed by atoms with Crippen molar-refractivity contribution in [1.82, 2.24) is 5.43 Å². The van der Waals surface area contributed by atoms with Gasteiger partial charge in [-0.2, -0.15) is 0 Å². The molecule has 104 valence electrons. The quantitative estimate of drug-likeness (QED) is 0.856. The molecule has 2 rings (SSSR count). The normalized spacial score (nSPS) is 14.8. The minimum absolute atomic E-state index is 0.414. The molecule has 1 aliphatic heterocycles. The van der Waals surface area contributed by atoms with Gasteiger partial charge in [0.1, 0.15) is 5.60 Å². The summed E-state index contributed by atoms with van der Waals surface area (Å²) in [7, 11) is 0. The van der Waals surface area contributed by atoms with Crippen LogP contribution in [0.4, 0.5) is 10.5 Å². The van der Waals surface area contributed by atoms with E-state index in [-0.39, 0.29) is 0 Å². The molecule has 5 heteroatoms. The SMILES string of the molecule is CC(C)(C)OC(=O)NN1CCCc2cc(Br)ccc21. The fourth-order valence-electron chi connectivity index (χ4n) is 2.09. The van der Waals surface area contributed by atoms with Gasteiger partial charge in [-0.15, -0.1) is 0 Å². The van der Waals surface area contributed by atoms with E-state index in [9.17, 15) is 4.79 Å². The zero-order valence-corrected chi connectivity index (χ0v) is 13.1. The van der Waals surface area contributed by atoms with Crippen LogP contribution in [0.3, 0.4) is 0 Å². The molecule has 1 N–H and O–H groups in total. The van der Waals surface area contributed by atoms with Crippen LogP contribution in [0, 0.1) is 0 Å². The van der Waals surface area contributed by atoms with Gasteiger partial charge in [0.25, 0.3) is 0 Å². The van der Waals surface area contributed by atoms with Crippen LogP contribution >= 0.6 is 15.9 Å². The van der Waals surface area contributed by atoms with Gasteiger partial charge in [0, 0.05) is 11.0 Å². The Bertz CT molecular complexity index is 483. The average molecular weight is 327 g/mol. The Kier molecular flexibility index (Phi) is 4.04. The molecular formula is C14H19BrN2O2. The van der Waals surface area contributed by atoms with Crippen LogP contribution in [0.5, 0.6) is 0 Å². The van der Waals surface area contributed by atoms with Gasteiger partial charge in [-0.3, -0.25) is 5.01 Å². The molecule has 1 heterocycles. The Hall–Kier alpha value is -1.23. The maximum absolute atomic E-state index is 11.8. The number of aryl methyl sites for hydroxylation is 1. The Labute approximate surface area is 122 Å². The molecule has 0 fully saturated rings. The highest BCUT2D eigenvalue weighted by molar-refractivity contribution is 9.10. The second-order valence-corrected chi connectivity index (χ2v) is 6.56. The number of fused-ring (bicyclic) bond motifs is 1. The first-order chi connectivity index (χ1) is 8.85. The zero-order chi connectivity index (χ0) is 14.0. The van der Waals surface area contributed by atoms with Gasteiger partial charge < -0.3 is 4.74 Å². The summed E-state index contributed by atoms with van der Waals surface area (Å²) >= 11 is 3.47. The highest BCUT2D eigenvalue weighted by Crippen LogP contribution is 2.28. The highest BCUT2D eigenvalue weighted by Gasteiger charge is 2.22. The second kappa shape index (κ2) is 5.41. The van der Waals surface area contributed by atoms with E-state index in [1.54, 1.807) is 0 Å². The third-order valence-corrected chi connectivity index (χ3v) is 3.28. The van der Waals surface area contributed by atoms with Crippen molar-refractivity contribution in [2.24, 2.45) is 0 Å². The van der Waals surface area contributed by atoms with Gasteiger partial charge in [0.05, 0.1) is 5.69 Å². The van der Waals surface area contributed by atoms with E-state index in [0.29, 0.717) is 0 Å². The molecule has 0 saturated carbocycles. The van der Waals surface area contributed by atoms with Gasteiger partial charge in [-0.1, -0.05) is 15.9 Å². The van der Waals surface area contributed by atoms with Gasteiger partial charge in [0.15, 0.2) is 0 Å². The number of carbonyl (C=O) groups excluding carboxylic acids is 1. The van der Waals surface area contributed by atoms with Crippen molar-refractivity contribution in [3.63, 3.8) is 0 Å². The molecule has 0 bridgehead atoms. The largest absolute Gasteiger partial charge is 0.443 e. The third kappa shape index (κ3) is 3.86. The highest BCUT2D eigenvalue weighted by atomic mass is 79.9. The van der Waals surface area contributed by atoms with E-state index < -0.39 is 11.7 Å². The van der Waals surface area contributed by atoms with Crippen molar-refractivity contribution >= 4 is 27.7 Å². The molecule has 0 saturated heterocycles. The van der Waals surface area contributed by atoms with E-state index in [2.05, 4.69) is 27.4 Å². The lowest BCUT2D eigenvalue weighted by molar-refractivity contribution is 0.0520. The lowest BCUT2D eigenvalue weighted by atomic mass is 10.0. The fourth-order valence-corrected chi connectivity index (χ4v) is 2.50. The molecular weight excluding hydrogens is 308 g/mol. The van der Waals surface area contributed by atoms with Crippen molar-refractivity contribution in [2.75, 3.05) is 11.6 Å². The van der Waals surface area contributed by atoms with Gasteiger partial charge >= 0.3 is 6.09 Å². The van der Waals surface area contributed by atoms with Gasteiger partial charge in [-0.25, -0.2) is 10.2 Å². The Morgan fingerprint density at radius 1 is 1.42 bits per heavy atom. The molecule has 0 atom stereocenters. The summed E-state index contributed by atoms with van der Waals surface area (Å²) in [6.07, 6.45) is 1.63. The number of ether oxygens (including phenoxy) is 1. The topological polar surface area (TPSA) is 41.6 Å². The lowest BCUT2D eigenvalue weighted by Crippen LogP contribution is -2.47. The number of nitrogens with one attached hydrogen (secondary N) is 1. The Balaban J connectivity index is 2.09. The predicted octanol–water partition coefficient (Wildman–Crippen LogP) is 3.64. The molecule has 19 heavy (non-hydrogen) atoms. The minimum Gasteiger partial charge on any atom is -0.443 e. The molecule has 0 spiro atoms. The van der Waals surface area contributed by atoms with Crippen LogP contribution in [-0.2, 0) is 11.2 Å². The first-order valence-electron chi connectivity index (χ1n) is 6.41. The van der Waals surface area contributed by atoms with Crippen LogP contribution in [-0.4, -0.2) is 18.2 Å². The number of rotatable bonds is 1. The monoisotopic (exact) mass is 326 g/mol. The zero-order valence-electron chi connectivity index (χ0n) is 11.5. The fraction of sp³-hybridized carbons (Fsp3) is 0.500. The van der Waals surface area contributed by atoms with E-state index in [1.807, 2.05) is 37.9 Å². The van der Waals surface area contributed by atoms with E-state index in [4.69, 9.17) is 4.74 Å². The third-order valence-electron chi connectivity index (χ3n) is 2.79. The Morgan fingerprint density at radius 3 is 2.84 bits per heavy atom. The lowest BCUT2D eigenvalue weighted by Gasteiger charge is -2.32. The van der Waals surface area contributed by atoms with Crippen molar-refractivity contribution in [2.45, 2.75) is 39.2 Å². The van der Waals surface area contributed by atoms with Crippen molar-refractivity contribution < 1.29 is 9.53 Å². The average Bonchev–Trinajstić information content (AvgIpc) is 2.26. The number of nitrogens with zero attached hydrogens (tertiary/aromatic N) is 1. The number of hydrogen-bond acceptors (Lipinski definition) is 3. The molecule has 0 radical (unpaired) electrons. The summed E-state index contributed by atoms with van der Waals surface area (Å²) in [5.74, 6) is 0. The number of benzene rings is 1. The van der Waals surface area contributed by atoms with Gasteiger partial charge in [0.2, 0.25) is 0 Å². The van der Waals surface area contributed by atoms with Crippen LogP contribution in [0.15, 0.2) is 22.7 Å². The number of hydrazine groups is 1. The number of anilines is 1.